The number of benzene rings is 2. The molecule has 0 aliphatic rings. The number of ether oxygens (including phenoxy) is 1. The van der Waals surface area contributed by atoms with Crippen LogP contribution in [-0.4, -0.2) is 17.5 Å². The number of hydrogen-bond acceptors (Lipinski definition) is 4. The standard InChI is InChI=1S/C22H20F2N2O2S/c1-14-9-10-17(12-15(14)2)29-21-18(7-5-11-25-21)20(27)26-13-16-6-3-4-8-19(16)28-22(23)24/h3-12,22H,13H2,1-2H3,(H,26,27). The molecule has 2 aromatic carbocycles. The maximum Gasteiger partial charge on any atom is 0.387 e. The van der Waals surface area contributed by atoms with Crippen molar-refractivity contribution >= 4 is 17.7 Å². The van der Waals surface area contributed by atoms with Crippen molar-refractivity contribution in [3.05, 3.63) is 83.0 Å². The minimum Gasteiger partial charge on any atom is -0.434 e. The summed E-state index contributed by atoms with van der Waals surface area (Å²) in [5.41, 5.74) is 3.24. The Labute approximate surface area is 172 Å². The SMILES string of the molecule is Cc1ccc(Sc2ncccc2C(=O)NCc2ccccc2OC(F)F)cc1C. The molecule has 0 aliphatic carbocycles. The molecule has 0 spiro atoms. The molecule has 0 radical (unpaired) electrons. The fourth-order valence-corrected chi connectivity index (χ4v) is 3.64. The van der Waals surface area contributed by atoms with Crippen LogP contribution in [0.25, 0.3) is 0 Å². The number of alkyl halides is 2. The Morgan fingerprint density at radius 2 is 1.90 bits per heavy atom. The summed E-state index contributed by atoms with van der Waals surface area (Å²) in [5, 5.41) is 3.33. The molecule has 150 valence electrons. The van der Waals surface area contributed by atoms with Crippen LogP contribution in [0, 0.1) is 13.8 Å². The molecule has 0 unspecified atom stereocenters. The molecule has 3 aromatic rings. The molecular formula is C22H20F2N2O2S. The largest absolute Gasteiger partial charge is 0.434 e. The van der Waals surface area contributed by atoms with Gasteiger partial charge in [-0.25, -0.2) is 4.98 Å². The lowest BCUT2D eigenvalue weighted by Crippen LogP contribution is -2.24. The van der Waals surface area contributed by atoms with E-state index < -0.39 is 6.61 Å². The number of nitrogens with one attached hydrogen (secondary N) is 1. The zero-order valence-electron chi connectivity index (χ0n) is 16.0. The molecule has 1 N–H and O–H groups in total. The minimum absolute atomic E-state index is 0.0405. The van der Waals surface area contributed by atoms with E-state index in [1.807, 2.05) is 32.0 Å². The summed E-state index contributed by atoms with van der Waals surface area (Å²) in [5.74, 6) is -0.296. The lowest BCUT2D eigenvalue weighted by atomic mass is 10.1. The van der Waals surface area contributed by atoms with E-state index in [4.69, 9.17) is 0 Å². The average Bonchev–Trinajstić information content (AvgIpc) is 2.70. The number of para-hydroxylation sites is 1. The Bertz CT molecular complexity index is 1010. The molecule has 0 aliphatic heterocycles. The van der Waals surface area contributed by atoms with Crippen molar-refractivity contribution in [2.75, 3.05) is 0 Å². The van der Waals surface area contributed by atoms with Gasteiger partial charge < -0.3 is 10.1 Å². The van der Waals surface area contributed by atoms with E-state index in [1.54, 1.807) is 36.5 Å². The first-order valence-corrected chi connectivity index (χ1v) is 9.76. The van der Waals surface area contributed by atoms with E-state index in [0.717, 1.165) is 10.5 Å². The van der Waals surface area contributed by atoms with Gasteiger partial charge in [0.15, 0.2) is 0 Å². The number of aryl methyl sites for hydroxylation is 2. The molecule has 0 saturated heterocycles. The van der Waals surface area contributed by atoms with Gasteiger partial charge in [0.25, 0.3) is 5.91 Å². The quantitative estimate of drug-likeness (QED) is 0.564. The Hall–Kier alpha value is -2.93. The third kappa shape index (κ3) is 5.54. The molecular weight excluding hydrogens is 394 g/mol. The first-order valence-electron chi connectivity index (χ1n) is 8.95. The van der Waals surface area contributed by atoms with Gasteiger partial charge in [0.1, 0.15) is 10.8 Å². The van der Waals surface area contributed by atoms with Crippen molar-refractivity contribution in [2.45, 2.75) is 36.9 Å². The van der Waals surface area contributed by atoms with E-state index in [0.29, 0.717) is 16.2 Å². The monoisotopic (exact) mass is 414 g/mol. The highest BCUT2D eigenvalue weighted by atomic mass is 32.2. The molecule has 4 nitrogen and oxygen atoms in total. The van der Waals surface area contributed by atoms with Crippen LogP contribution in [-0.2, 0) is 6.54 Å². The molecule has 1 amide bonds. The zero-order valence-corrected chi connectivity index (χ0v) is 16.8. The van der Waals surface area contributed by atoms with Gasteiger partial charge in [-0.2, -0.15) is 8.78 Å². The summed E-state index contributed by atoms with van der Waals surface area (Å²) >= 11 is 1.40. The van der Waals surface area contributed by atoms with Gasteiger partial charge in [-0.15, -0.1) is 0 Å². The summed E-state index contributed by atoms with van der Waals surface area (Å²) in [6, 6.07) is 15.8. The number of aromatic nitrogens is 1. The fourth-order valence-electron chi connectivity index (χ4n) is 2.67. The van der Waals surface area contributed by atoms with Gasteiger partial charge in [0, 0.05) is 23.2 Å². The van der Waals surface area contributed by atoms with E-state index in [9.17, 15) is 13.6 Å². The van der Waals surface area contributed by atoms with Crippen molar-refractivity contribution in [3.8, 4) is 5.75 Å². The molecule has 0 bridgehead atoms. The Balaban J connectivity index is 1.74. The topological polar surface area (TPSA) is 51.2 Å². The highest BCUT2D eigenvalue weighted by Gasteiger charge is 2.15. The second kappa shape index (κ2) is 9.52. The third-order valence-electron chi connectivity index (χ3n) is 4.34. The van der Waals surface area contributed by atoms with Crippen LogP contribution in [0.2, 0.25) is 0 Å². The second-order valence-corrected chi connectivity index (χ2v) is 7.44. The predicted molar refractivity (Wildman–Crippen MR) is 109 cm³/mol. The van der Waals surface area contributed by atoms with Gasteiger partial charge in [-0.05, 0) is 55.3 Å². The number of pyridine rings is 1. The number of rotatable bonds is 7. The fraction of sp³-hybridized carbons (Fsp3) is 0.182. The molecule has 1 aromatic heterocycles. The average molecular weight is 414 g/mol. The highest BCUT2D eigenvalue weighted by molar-refractivity contribution is 7.99. The van der Waals surface area contributed by atoms with Gasteiger partial charge >= 0.3 is 6.61 Å². The van der Waals surface area contributed by atoms with E-state index >= 15 is 0 Å². The predicted octanol–water partition coefficient (Wildman–Crippen LogP) is 5.38. The lowest BCUT2D eigenvalue weighted by molar-refractivity contribution is -0.0504. The lowest BCUT2D eigenvalue weighted by Gasteiger charge is -2.12. The second-order valence-electron chi connectivity index (χ2n) is 6.37. The normalized spacial score (nSPS) is 10.8. The van der Waals surface area contributed by atoms with Crippen molar-refractivity contribution in [2.24, 2.45) is 0 Å². The number of halogens is 2. The van der Waals surface area contributed by atoms with Gasteiger partial charge in [-0.1, -0.05) is 36.0 Å². The third-order valence-corrected chi connectivity index (χ3v) is 5.35. The Morgan fingerprint density at radius 1 is 1.10 bits per heavy atom. The number of nitrogens with zero attached hydrogens (tertiary/aromatic N) is 1. The van der Waals surface area contributed by atoms with E-state index in [2.05, 4.69) is 15.0 Å². The number of amides is 1. The molecule has 0 atom stereocenters. The van der Waals surface area contributed by atoms with Crippen molar-refractivity contribution in [1.29, 1.82) is 0 Å². The molecule has 7 heteroatoms. The van der Waals surface area contributed by atoms with Crippen molar-refractivity contribution in [3.63, 3.8) is 0 Å². The van der Waals surface area contributed by atoms with E-state index in [1.165, 1.54) is 23.4 Å². The van der Waals surface area contributed by atoms with Gasteiger partial charge in [0.05, 0.1) is 5.56 Å². The Kier molecular flexibility index (Phi) is 6.82. The first-order chi connectivity index (χ1) is 13.9. The Morgan fingerprint density at radius 3 is 2.66 bits per heavy atom. The summed E-state index contributed by atoms with van der Waals surface area (Å²) < 4.78 is 29.6. The van der Waals surface area contributed by atoms with Crippen molar-refractivity contribution < 1.29 is 18.3 Å². The molecule has 0 fully saturated rings. The van der Waals surface area contributed by atoms with Crippen LogP contribution in [0.4, 0.5) is 8.78 Å². The minimum atomic E-state index is -2.92. The summed E-state index contributed by atoms with van der Waals surface area (Å²) in [6.45, 7) is 1.21. The van der Waals surface area contributed by atoms with Crippen LogP contribution in [0.5, 0.6) is 5.75 Å². The summed E-state index contributed by atoms with van der Waals surface area (Å²) in [4.78, 5) is 18.1. The first kappa shape index (κ1) is 20.8. The summed E-state index contributed by atoms with van der Waals surface area (Å²) in [6.07, 6.45) is 1.63. The maximum atomic E-state index is 12.7. The maximum absolute atomic E-state index is 12.7. The van der Waals surface area contributed by atoms with Crippen LogP contribution in [0.3, 0.4) is 0 Å². The number of carbonyl (C=O) groups excluding carboxylic acids is 1. The molecule has 29 heavy (non-hydrogen) atoms. The zero-order chi connectivity index (χ0) is 20.8. The van der Waals surface area contributed by atoms with Crippen LogP contribution >= 0.6 is 11.8 Å². The smallest absolute Gasteiger partial charge is 0.387 e. The van der Waals surface area contributed by atoms with E-state index in [-0.39, 0.29) is 18.2 Å². The summed E-state index contributed by atoms with van der Waals surface area (Å²) in [7, 11) is 0. The molecule has 0 saturated carbocycles. The van der Waals surface area contributed by atoms with Crippen molar-refractivity contribution in [1.82, 2.24) is 10.3 Å². The van der Waals surface area contributed by atoms with Crippen LogP contribution in [0.15, 0.2) is 70.7 Å². The number of carbonyl (C=O) groups is 1. The van der Waals surface area contributed by atoms with Gasteiger partial charge in [0.2, 0.25) is 0 Å². The number of hydrogen-bond donors (Lipinski definition) is 1. The molecule has 1 heterocycles. The van der Waals surface area contributed by atoms with Crippen LogP contribution < -0.4 is 10.1 Å². The highest BCUT2D eigenvalue weighted by Crippen LogP contribution is 2.30. The van der Waals surface area contributed by atoms with Gasteiger partial charge in [-0.3, -0.25) is 4.79 Å². The molecule has 3 rings (SSSR count). The van der Waals surface area contributed by atoms with Crippen LogP contribution in [0.1, 0.15) is 27.0 Å².